The van der Waals surface area contributed by atoms with E-state index in [1.165, 1.54) is 18.0 Å². The van der Waals surface area contributed by atoms with Crippen LogP contribution in [0.2, 0.25) is 0 Å². The van der Waals surface area contributed by atoms with Crippen LogP contribution < -0.4 is 10.6 Å². The SMILES string of the molecule is C=CCNC(=O)c1cnc(Nc2c(C)cccc2C(C)C)nc1. The highest BCUT2D eigenvalue weighted by Crippen LogP contribution is 2.29. The van der Waals surface area contributed by atoms with E-state index in [-0.39, 0.29) is 5.91 Å². The van der Waals surface area contributed by atoms with Crippen LogP contribution in [0.3, 0.4) is 0 Å². The Hall–Kier alpha value is -2.69. The lowest BCUT2D eigenvalue weighted by atomic mass is 9.98. The summed E-state index contributed by atoms with van der Waals surface area (Å²) in [7, 11) is 0. The average Bonchev–Trinajstić information content (AvgIpc) is 2.55. The third-order valence-electron chi connectivity index (χ3n) is 3.48. The number of hydrogen-bond acceptors (Lipinski definition) is 4. The Balaban J connectivity index is 2.19. The van der Waals surface area contributed by atoms with Gasteiger partial charge in [0.25, 0.3) is 5.91 Å². The molecule has 2 rings (SSSR count). The van der Waals surface area contributed by atoms with Gasteiger partial charge in [0.1, 0.15) is 0 Å². The fourth-order valence-corrected chi connectivity index (χ4v) is 2.23. The summed E-state index contributed by atoms with van der Waals surface area (Å²) in [6.45, 7) is 10.3. The second-order valence-corrected chi connectivity index (χ2v) is 5.61. The van der Waals surface area contributed by atoms with Gasteiger partial charge in [0.05, 0.1) is 5.56 Å². The van der Waals surface area contributed by atoms with E-state index in [4.69, 9.17) is 0 Å². The zero-order valence-electron chi connectivity index (χ0n) is 13.8. The predicted octanol–water partition coefficient (Wildman–Crippen LogP) is 3.57. The van der Waals surface area contributed by atoms with Gasteiger partial charge < -0.3 is 10.6 Å². The number of anilines is 2. The van der Waals surface area contributed by atoms with Gasteiger partial charge in [-0.25, -0.2) is 9.97 Å². The van der Waals surface area contributed by atoms with Crippen LogP contribution in [0.5, 0.6) is 0 Å². The zero-order chi connectivity index (χ0) is 16.8. The maximum Gasteiger partial charge on any atom is 0.254 e. The molecule has 0 spiro atoms. The smallest absolute Gasteiger partial charge is 0.254 e. The molecule has 120 valence electrons. The number of nitrogens with one attached hydrogen (secondary N) is 2. The highest BCUT2D eigenvalue weighted by atomic mass is 16.1. The number of carbonyl (C=O) groups excluding carboxylic acids is 1. The minimum Gasteiger partial charge on any atom is -0.348 e. The summed E-state index contributed by atoms with van der Waals surface area (Å²) in [6.07, 6.45) is 4.66. The van der Waals surface area contributed by atoms with Crippen molar-refractivity contribution in [2.24, 2.45) is 0 Å². The first-order valence-corrected chi connectivity index (χ1v) is 7.60. The van der Waals surface area contributed by atoms with Crippen LogP contribution in [-0.2, 0) is 0 Å². The molecule has 5 heteroatoms. The molecule has 0 aliphatic heterocycles. The Morgan fingerprint density at radius 1 is 1.30 bits per heavy atom. The second kappa shape index (κ2) is 7.54. The Labute approximate surface area is 136 Å². The number of benzene rings is 1. The van der Waals surface area contributed by atoms with Gasteiger partial charge in [-0.15, -0.1) is 6.58 Å². The van der Waals surface area contributed by atoms with E-state index < -0.39 is 0 Å². The molecule has 1 heterocycles. The Morgan fingerprint density at radius 3 is 2.61 bits per heavy atom. The monoisotopic (exact) mass is 310 g/mol. The first kappa shape index (κ1) is 16.7. The third kappa shape index (κ3) is 4.16. The van der Waals surface area contributed by atoms with E-state index in [1.807, 2.05) is 19.1 Å². The molecule has 0 saturated heterocycles. The van der Waals surface area contributed by atoms with Crippen molar-refractivity contribution in [3.8, 4) is 0 Å². The number of nitrogens with zero attached hydrogens (tertiary/aromatic N) is 2. The Bertz CT molecular complexity index is 693. The van der Waals surface area contributed by atoms with Crippen molar-refractivity contribution in [1.29, 1.82) is 0 Å². The highest BCUT2D eigenvalue weighted by Gasteiger charge is 2.11. The van der Waals surface area contributed by atoms with Gasteiger partial charge in [-0.2, -0.15) is 0 Å². The zero-order valence-corrected chi connectivity index (χ0v) is 13.8. The number of aryl methyl sites for hydroxylation is 1. The number of aromatic nitrogens is 2. The van der Waals surface area contributed by atoms with E-state index in [0.29, 0.717) is 24.0 Å². The van der Waals surface area contributed by atoms with Crippen molar-refractivity contribution < 1.29 is 4.79 Å². The summed E-state index contributed by atoms with van der Waals surface area (Å²) >= 11 is 0. The molecule has 1 aromatic heterocycles. The van der Waals surface area contributed by atoms with Crippen molar-refractivity contribution >= 4 is 17.5 Å². The van der Waals surface area contributed by atoms with E-state index in [0.717, 1.165) is 11.3 Å². The van der Waals surface area contributed by atoms with Gasteiger partial charge in [-0.3, -0.25) is 4.79 Å². The van der Waals surface area contributed by atoms with Gasteiger partial charge >= 0.3 is 0 Å². The molecule has 0 fully saturated rings. The van der Waals surface area contributed by atoms with Gasteiger partial charge in [0.2, 0.25) is 5.95 Å². The van der Waals surface area contributed by atoms with Gasteiger partial charge in [0.15, 0.2) is 0 Å². The van der Waals surface area contributed by atoms with Crippen LogP contribution in [-0.4, -0.2) is 22.4 Å². The molecular formula is C18H22N4O. The molecule has 0 aliphatic carbocycles. The maximum atomic E-state index is 11.8. The molecule has 0 aliphatic rings. The molecule has 0 saturated carbocycles. The van der Waals surface area contributed by atoms with E-state index >= 15 is 0 Å². The largest absolute Gasteiger partial charge is 0.348 e. The van der Waals surface area contributed by atoms with Crippen LogP contribution >= 0.6 is 0 Å². The quantitative estimate of drug-likeness (QED) is 0.801. The Kier molecular flexibility index (Phi) is 5.46. The number of carbonyl (C=O) groups is 1. The van der Waals surface area contributed by atoms with E-state index in [9.17, 15) is 4.79 Å². The van der Waals surface area contributed by atoms with E-state index in [1.54, 1.807) is 6.08 Å². The minimum absolute atomic E-state index is 0.213. The predicted molar refractivity (Wildman–Crippen MR) is 93.1 cm³/mol. The van der Waals surface area contributed by atoms with Crippen LogP contribution in [0.25, 0.3) is 0 Å². The van der Waals surface area contributed by atoms with Crippen molar-refractivity contribution in [1.82, 2.24) is 15.3 Å². The summed E-state index contributed by atoms with van der Waals surface area (Å²) in [5, 5.41) is 5.95. The standard InChI is InChI=1S/C18H22N4O/c1-5-9-19-17(23)14-10-20-18(21-11-14)22-16-13(4)7-6-8-15(16)12(2)3/h5-8,10-12H,1,9H2,2-4H3,(H,19,23)(H,20,21,22). The summed E-state index contributed by atoms with van der Waals surface area (Å²) in [4.78, 5) is 20.3. The van der Waals surface area contributed by atoms with Gasteiger partial charge in [0, 0.05) is 24.6 Å². The van der Waals surface area contributed by atoms with E-state index in [2.05, 4.69) is 47.1 Å². The van der Waals surface area contributed by atoms with Gasteiger partial charge in [-0.05, 0) is 24.0 Å². The fraction of sp³-hybridized carbons (Fsp3) is 0.278. The number of hydrogen-bond donors (Lipinski definition) is 2. The number of rotatable bonds is 6. The van der Waals surface area contributed by atoms with Crippen LogP contribution in [0, 0.1) is 6.92 Å². The van der Waals surface area contributed by atoms with Crippen molar-refractivity contribution in [3.63, 3.8) is 0 Å². The molecular weight excluding hydrogens is 288 g/mol. The average molecular weight is 310 g/mol. The molecule has 1 amide bonds. The third-order valence-corrected chi connectivity index (χ3v) is 3.48. The molecule has 0 unspecified atom stereocenters. The lowest BCUT2D eigenvalue weighted by Gasteiger charge is -2.16. The molecule has 1 aromatic carbocycles. The van der Waals surface area contributed by atoms with Crippen molar-refractivity contribution in [3.05, 3.63) is 59.9 Å². The summed E-state index contributed by atoms with van der Waals surface area (Å²) in [5.41, 5.74) is 3.78. The number of para-hydroxylation sites is 1. The lowest BCUT2D eigenvalue weighted by Crippen LogP contribution is -2.23. The van der Waals surface area contributed by atoms with Gasteiger partial charge in [-0.1, -0.05) is 38.1 Å². The molecule has 2 aromatic rings. The molecule has 5 nitrogen and oxygen atoms in total. The topological polar surface area (TPSA) is 66.9 Å². The first-order chi connectivity index (χ1) is 11.0. The molecule has 0 radical (unpaired) electrons. The number of amides is 1. The maximum absolute atomic E-state index is 11.8. The fourth-order valence-electron chi connectivity index (χ4n) is 2.23. The second-order valence-electron chi connectivity index (χ2n) is 5.61. The van der Waals surface area contributed by atoms with Crippen molar-refractivity contribution in [2.75, 3.05) is 11.9 Å². The summed E-state index contributed by atoms with van der Waals surface area (Å²) in [6, 6.07) is 6.19. The highest BCUT2D eigenvalue weighted by molar-refractivity contribution is 5.93. The lowest BCUT2D eigenvalue weighted by molar-refractivity contribution is 0.0957. The van der Waals surface area contributed by atoms with Crippen LogP contribution in [0.15, 0.2) is 43.2 Å². The first-order valence-electron chi connectivity index (χ1n) is 7.60. The summed E-state index contributed by atoms with van der Waals surface area (Å²) < 4.78 is 0. The normalized spacial score (nSPS) is 10.4. The van der Waals surface area contributed by atoms with Crippen LogP contribution in [0.4, 0.5) is 11.6 Å². The summed E-state index contributed by atoms with van der Waals surface area (Å²) in [5.74, 6) is 0.651. The molecule has 0 bridgehead atoms. The Morgan fingerprint density at radius 2 is 2.00 bits per heavy atom. The molecule has 0 atom stereocenters. The minimum atomic E-state index is -0.213. The molecule has 2 N–H and O–H groups in total. The van der Waals surface area contributed by atoms with Crippen LogP contribution in [0.1, 0.15) is 41.3 Å². The molecule has 23 heavy (non-hydrogen) atoms. The van der Waals surface area contributed by atoms with Crippen molar-refractivity contribution in [2.45, 2.75) is 26.7 Å².